The van der Waals surface area contributed by atoms with Crippen molar-refractivity contribution < 1.29 is 9.47 Å². The summed E-state index contributed by atoms with van der Waals surface area (Å²) in [6, 6.07) is 21.0. The molecule has 0 saturated carbocycles. The maximum atomic E-state index is 5.60. The van der Waals surface area contributed by atoms with Crippen LogP contribution in [-0.4, -0.2) is 33.0 Å². The van der Waals surface area contributed by atoms with E-state index in [9.17, 15) is 0 Å². The Morgan fingerprint density at radius 3 is 1.96 bits per heavy atom. The summed E-state index contributed by atoms with van der Waals surface area (Å²) < 4.78 is 11.2. The highest BCUT2D eigenvalue weighted by Gasteiger charge is 1.94. The van der Waals surface area contributed by atoms with Crippen LogP contribution in [0.4, 0.5) is 0 Å². The zero-order chi connectivity index (χ0) is 16.7. The number of aryl methyl sites for hydroxylation is 1. The molecule has 3 nitrogen and oxygen atoms in total. The first-order valence-electron chi connectivity index (χ1n) is 8.89. The van der Waals surface area contributed by atoms with Crippen molar-refractivity contribution in [2.45, 2.75) is 25.8 Å². The molecule has 0 aliphatic rings. The minimum atomic E-state index is 0.672. The van der Waals surface area contributed by atoms with Crippen molar-refractivity contribution in [1.29, 1.82) is 0 Å². The van der Waals surface area contributed by atoms with Crippen molar-refractivity contribution in [3.8, 4) is 0 Å². The van der Waals surface area contributed by atoms with Gasteiger partial charge in [-0.3, -0.25) is 0 Å². The van der Waals surface area contributed by atoms with Gasteiger partial charge in [0.1, 0.15) is 0 Å². The topological polar surface area (TPSA) is 30.5 Å². The van der Waals surface area contributed by atoms with Gasteiger partial charge in [0.25, 0.3) is 0 Å². The van der Waals surface area contributed by atoms with Crippen LogP contribution in [0.15, 0.2) is 60.7 Å². The van der Waals surface area contributed by atoms with Crippen molar-refractivity contribution in [2.24, 2.45) is 0 Å². The van der Waals surface area contributed by atoms with Gasteiger partial charge in [-0.2, -0.15) is 0 Å². The Balaban J connectivity index is 1.32. The summed E-state index contributed by atoms with van der Waals surface area (Å²) in [5.41, 5.74) is 2.71. The molecule has 0 heterocycles. The molecule has 1 N–H and O–H groups in total. The Kier molecular flexibility index (Phi) is 9.88. The van der Waals surface area contributed by atoms with Crippen LogP contribution in [0.25, 0.3) is 0 Å². The quantitative estimate of drug-likeness (QED) is 0.567. The first kappa shape index (κ1) is 18.7. The summed E-state index contributed by atoms with van der Waals surface area (Å²) in [4.78, 5) is 0. The number of unbranched alkanes of at least 4 members (excludes halogenated alkanes) is 1. The Bertz CT molecular complexity index is 466. The third-order valence-corrected chi connectivity index (χ3v) is 3.81. The van der Waals surface area contributed by atoms with E-state index < -0.39 is 0 Å². The van der Waals surface area contributed by atoms with Gasteiger partial charge in [-0.1, -0.05) is 60.7 Å². The molecule has 130 valence electrons. The van der Waals surface area contributed by atoms with E-state index in [0.717, 1.165) is 39.1 Å². The molecule has 0 bridgehead atoms. The molecular weight excluding hydrogens is 298 g/mol. The number of benzene rings is 2. The molecule has 0 aliphatic heterocycles. The third kappa shape index (κ3) is 8.82. The SMILES string of the molecule is c1ccc(CCCCOCCOCCNCc2ccccc2)cc1. The highest BCUT2D eigenvalue weighted by atomic mass is 16.5. The van der Waals surface area contributed by atoms with Crippen LogP contribution < -0.4 is 5.32 Å². The summed E-state index contributed by atoms with van der Waals surface area (Å²) in [7, 11) is 0. The molecule has 0 fully saturated rings. The van der Waals surface area contributed by atoms with Gasteiger partial charge in [-0.25, -0.2) is 0 Å². The Hall–Kier alpha value is -1.68. The average Bonchev–Trinajstić information content (AvgIpc) is 2.64. The van der Waals surface area contributed by atoms with Crippen LogP contribution in [0.2, 0.25) is 0 Å². The summed E-state index contributed by atoms with van der Waals surface area (Å²) in [6.07, 6.45) is 3.41. The third-order valence-electron chi connectivity index (χ3n) is 3.81. The largest absolute Gasteiger partial charge is 0.379 e. The molecule has 2 rings (SSSR count). The van der Waals surface area contributed by atoms with Gasteiger partial charge < -0.3 is 14.8 Å². The van der Waals surface area contributed by atoms with Crippen molar-refractivity contribution in [3.05, 3.63) is 71.8 Å². The maximum Gasteiger partial charge on any atom is 0.0701 e. The fourth-order valence-corrected chi connectivity index (χ4v) is 2.47. The van der Waals surface area contributed by atoms with Gasteiger partial charge in [-0.15, -0.1) is 0 Å². The zero-order valence-corrected chi connectivity index (χ0v) is 14.5. The van der Waals surface area contributed by atoms with Crippen molar-refractivity contribution >= 4 is 0 Å². The summed E-state index contributed by atoms with van der Waals surface area (Å²) in [5, 5.41) is 3.37. The summed E-state index contributed by atoms with van der Waals surface area (Å²) >= 11 is 0. The van der Waals surface area contributed by atoms with E-state index in [1.165, 1.54) is 17.5 Å². The molecule has 0 radical (unpaired) electrons. The van der Waals surface area contributed by atoms with Crippen LogP contribution >= 0.6 is 0 Å². The number of rotatable bonds is 13. The zero-order valence-electron chi connectivity index (χ0n) is 14.5. The van der Waals surface area contributed by atoms with E-state index >= 15 is 0 Å². The molecule has 0 unspecified atom stereocenters. The van der Waals surface area contributed by atoms with Crippen LogP contribution in [0.1, 0.15) is 24.0 Å². The van der Waals surface area contributed by atoms with Crippen molar-refractivity contribution in [3.63, 3.8) is 0 Å². The van der Waals surface area contributed by atoms with Crippen molar-refractivity contribution in [2.75, 3.05) is 33.0 Å². The first-order chi connectivity index (χ1) is 11.9. The van der Waals surface area contributed by atoms with E-state index in [2.05, 4.69) is 59.9 Å². The second-order valence-electron chi connectivity index (χ2n) is 5.83. The lowest BCUT2D eigenvalue weighted by Gasteiger charge is -2.07. The molecule has 0 amide bonds. The molecule has 2 aromatic rings. The van der Waals surface area contributed by atoms with Crippen LogP contribution in [-0.2, 0) is 22.4 Å². The van der Waals surface area contributed by atoms with Crippen molar-refractivity contribution in [1.82, 2.24) is 5.32 Å². The smallest absolute Gasteiger partial charge is 0.0701 e. The molecule has 0 aromatic heterocycles. The fraction of sp³-hybridized carbons (Fsp3) is 0.429. The van der Waals surface area contributed by atoms with E-state index in [1.807, 2.05) is 6.07 Å². The number of hydrogen-bond acceptors (Lipinski definition) is 3. The van der Waals surface area contributed by atoms with E-state index in [0.29, 0.717) is 13.2 Å². The van der Waals surface area contributed by atoms with Crippen LogP contribution in [0, 0.1) is 0 Å². The Labute approximate surface area is 146 Å². The minimum absolute atomic E-state index is 0.672. The average molecular weight is 327 g/mol. The van der Waals surface area contributed by atoms with Gasteiger partial charge >= 0.3 is 0 Å². The maximum absolute atomic E-state index is 5.60. The molecule has 0 spiro atoms. The fourth-order valence-electron chi connectivity index (χ4n) is 2.47. The predicted octanol–water partition coefficient (Wildman–Crippen LogP) is 3.83. The summed E-state index contributed by atoms with van der Waals surface area (Å²) in [6.45, 7) is 4.66. The lowest BCUT2D eigenvalue weighted by atomic mass is 10.1. The van der Waals surface area contributed by atoms with Crippen LogP contribution in [0.3, 0.4) is 0 Å². The molecule has 0 saturated heterocycles. The van der Waals surface area contributed by atoms with E-state index in [4.69, 9.17) is 9.47 Å². The molecule has 0 aliphatic carbocycles. The van der Waals surface area contributed by atoms with Gasteiger partial charge in [0.2, 0.25) is 0 Å². The standard InChI is InChI=1S/C21H29NO2/c1-3-9-20(10-4-1)11-7-8-15-23-17-18-24-16-14-22-19-21-12-5-2-6-13-21/h1-6,9-10,12-13,22H,7-8,11,14-19H2. The first-order valence-corrected chi connectivity index (χ1v) is 8.89. The van der Waals surface area contributed by atoms with Gasteiger partial charge in [0.05, 0.1) is 19.8 Å². The second kappa shape index (κ2) is 12.7. The van der Waals surface area contributed by atoms with Gasteiger partial charge in [-0.05, 0) is 30.4 Å². The van der Waals surface area contributed by atoms with Gasteiger partial charge in [0, 0.05) is 19.7 Å². The number of ether oxygens (including phenoxy) is 2. The van der Waals surface area contributed by atoms with E-state index in [-0.39, 0.29) is 0 Å². The lowest BCUT2D eigenvalue weighted by molar-refractivity contribution is 0.0474. The van der Waals surface area contributed by atoms with Crippen LogP contribution in [0.5, 0.6) is 0 Å². The number of nitrogens with one attached hydrogen (secondary N) is 1. The minimum Gasteiger partial charge on any atom is -0.379 e. The highest BCUT2D eigenvalue weighted by molar-refractivity contribution is 5.15. The number of hydrogen-bond donors (Lipinski definition) is 1. The molecule has 0 atom stereocenters. The normalized spacial score (nSPS) is 10.8. The molecule has 3 heteroatoms. The predicted molar refractivity (Wildman–Crippen MR) is 99.2 cm³/mol. The molecular formula is C21H29NO2. The molecule has 24 heavy (non-hydrogen) atoms. The highest BCUT2D eigenvalue weighted by Crippen LogP contribution is 2.04. The lowest BCUT2D eigenvalue weighted by Crippen LogP contribution is -2.20. The summed E-state index contributed by atoms with van der Waals surface area (Å²) in [5.74, 6) is 0. The van der Waals surface area contributed by atoms with E-state index in [1.54, 1.807) is 0 Å². The monoisotopic (exact) mass is 327 g/mol. The Morgan fingerprint density at radius 2 is 1.25 bits per heavy atom. The van der Waals surface area contributed by atoms with Gasteiger partial charge in [0.15, 0.2) is 0 Å². The molecule has 2 aromatic carbocycles. The Morgan fingerprint density at radius 1 is 0.625 bits per heavy atom. The second-order valence-corrected chi connectivity index (χ2v) is 5.83.